The van der Waals surface area contributed by atoms with Crippen LogP contribution in [0.2, 0.25) is 0 Å². The van der Waals surface area contributed by atoms with Gasteiger partial charge in [0.05, 0.1) is 7.11 Å². The molecule has 0 radical (unpaired) electrons. The molecule has 16 heavy (non-hydrogen) atoms. The third-order valence-corrected chi connectivity index (χ3v) is 2.49. The zero-order chi connectivity index (χ0) is 12.1. The van der Waals surface area contributed by atoms with E-state index in [9.17, 15) is 4.39 Å². The Bertz CT molecular complexity index is 342. The minimum absolute atomic E-state index is 0.270. The van der Waals surface area contributed by atoms with Gasteiger partial charge in [0.15, 0.2) is 0 Å². The van der Waals surface area contributed by atoms with E-state index < -0.39 is 0 Å². The summed E-state index contributed by atoms with van der Waals surface area (Å²) in [7, 11) is 5.45. The van der Waals surface area contributed by atoms with Gasteiger partial charge in [0.2, 0.25) is 0 Å². The Balaban J connectivity index is 2.71. The molecule has 0 saturated heterocycles. The van der Waals surface area contributed by atoms with Crippen molar-refractivity contribution in [3.63, 3.8) is 0 Å². The average molecular weight is 226 g/mol. The molecule has 0 amide bonds. The molecule has 2 N–H and O–H groups in total. The zero-order valence-corrected chi connectivity index (χ0v) is 10.0. The monoisotopic (exact) mass is 226 g/mol. The lowest BCUT2D eigenvalue weighted by Crippen LogP contribution is -2.20. The summed E-state index contributed by atoms with van der Waals surface area (Å²) in [4.78, 5) is 2.03. The largest absolute Gasteiger partial charge is 0.497 e. The maximum absolute atomic E-state index is 13.6. The van der Waals surface area contributed by atoms with Crippen molar-refractivity contribution in [3.05, 3.63) is 29.6 Å². The van der Waals surface area contributed by atoms with E-state index in [1.807, 2.05) is 19.0 Å². The van der Waals surface area contributed by atoms with Crippen molar-refractivity contribution in [2.75, 3.05) is 27.7 Å². The van der Waals surface area contributed by atoms with Gasteiger partial charge >= 0.3 is 0 Å². The van der Waals surface area contributed by atoms with Crippen LogP contribution in [0.3, 0.4) is 0 Å². The first-order valence-electron chi connectivity index (χ1n) is 5.28. The Morgan fingerprint density at radius 3 is 2.62 bits per heavy atom. The molecule has 1 rings (SSSR count). The van der Waals surface area contributed by atoms with Crippen molar-refractivity contribution < 1.29 is 9.13 Å². The first-order chi connectivity index (χ1) is 7.54. The van der Waals surface area contributed by atoms with Crippen molar-refractivity contribution in [1.29, 1.82) is 0 Å². The molecule has 4 heteroatoms. The molecule has 0 spiro atoms. The standard InChI is InChI=1S/C12H19FN2O/c1-15(2)7-6-12(14)10-5-4-9(16-3)8-11(10)13/h4-5,8,12H,6-7,14H2,1-3H3. The van der Waals surface area contributed by atoms with Gasteiger partial charge in [-0.2, -0.15) is 0 Å². The van der Waals surface area contributed by atoms with E-state index in [1.165, 1.54) is 13.2 Å². The van der Waals surface area contributed by atoms with Crippen molar-refractivity contribution >= 4 is 0 Å². The highest BCUT2D eigenvalue weighted by Crippen LogP contribution is 2.22. The number of ether oxygens (including phenoxy) is 1. The van der Waals surface area contributed by atoms with Crippen LogP contribution in [-0.2, 0) is 0 Å². The first-order valence-corrected chi connectivity index (χ1v) is 5.28. The summed E-state index contributed by atoms with van der Waals surface area (Å²) >= 11 is 0. The van der Waals surface area contributed by atoms with Crippen LogP contribution in [0.15, 0.2) is 18.2 Å². The zero-order valence-electron chi connectivity index (χ0n) is 10.0. The minimum Gasteiger partial charge on any atom is -0.497 e. The highest BCUT2D eigenvalue weighted by atomic mass is 19.1. The number of hydrogen-bond acceptors (Lipinski definition) is 3. The molecule has 1 atom stereocenters. The van der Waals surface area contributed by atoms with Crippen molar-refractivity contribution in [1.82, 2.24) is 4.90 Å². The van der Waals surface area contributed by atoms with Crippen LogP contribution in [0.1, 0.15) is 18.0 Å². The van der Waals surface area contributed by atoms with Gasteiger partial charge in [0, 0.05) is 17.7 Å². The summed E-state index contributed by atoms with van der Waals surface area (Å²) in [6, 6.07) is 4.51. The van der Waals surface area contributed by atoms with E-state index in [0.717, 1.165) is 13.0 Å². The lowest BCUT2D eigenvalue weighted by Gasteiger charge is -2.16. The van der Waals surface area contributed by atoms with Crippen LogP contribution in [0.4, 0.5) is 4.39 Å². The van der Waals surface area contributed by atoms with Gasteiger partial charge in [0.25, 0.3) is 0 Å². The number of rotatable bonds is 5. The number of methoxy groups -OCH3 is 1. The molecule has 1 aromatic carbocycles. The SMILES string of the molecule is COc1ccc(C(N)CCN(C)C)c(F)c1. The number of nitrogens with two attached hydrogens (primary N) is 1. The van der Waals surface area contributed by atoms with E-state index in [2.05, 4.69) is 0 Å². The average Bonchev–Trinajstić information content (AvgIpc) is 2.25. The van der Waals surface area contributed by atoms with Crippen LogP contribution >= 0.6 is 0 Å². The summed E-state index contributed by atoms with van der Waals surface area (Å²) in [5, 5.41) is 0. The maximum Gasteiger partial charge on any atom is 0.131 e. The fourth-order valence-corrected chi connectivity index (χ4v) is 1.49. The summed E-state index contributed by atoms with van der Waals surface area (Å²) < 4.78 is 18.6. The summed E-state index contributed by atoms with van der Waals surface area (Å²) in [5.41, 5.74) is 6.47. The van der Waals surface area contributed by atoms with Gasteiger partial charge in [-0.15, -0.1) is 0 Å². The summed E-state index contributed by atoms with van der Waals surface area (Å²) in [5.74, 6) is 0.215. The fourth-order valence-electron chi connectivity index (χ4n) is 1.49. The molecule has 1 unspecified atom stereocenters. The fraction of sp³-hybridized carbons (Fsp3) is 0.500. The minimum atomic E-state index is -0.300. The number of nitrogens with zero attached hydrogens (tertiary/aromatic N) is 1. The summed E-state index contributed by atoms with van der Waals surface area (Å²) in [6.07, 6.45) is 0.732. The molecule has 0 aliphatic rings. The Labute approximate surface area is 96.0 Å². The molecule has 90 valence electrons. The van der Waals surface area contributed by atoms with Crippen LogP contribution in [0.5, 0.6) is 5.75 Å². The number of halogens is 1. The van der Waals surface area contributed by atoms with E-state index in [-0.39, 0.29) is 11.9 Å². The second-order valence-corrected chi connectivity index (χ2v) is 4.09. The predicted octanol–water partition coefficient (Wildman–Crippen LogP) is 1.79. The molecule has 0 bridgehead atoms. The highest BCUT2D eigenvalue weighted by molar-refractivity contribution is 5.30. The van der Waals surface area contributed by atoms with Crippen LogP contribution < -0.4 is 10.5 Å². The van der Waals surface area contributed by atoms with Gasteiger partial charge in [0.1, 0.15) is 11.6 Å². The van der Waals surface area contributed by atoms with E-state index in [4.69, 9.17) is 10.5 Å². The molecule has 0 aromatic heterocycles. The van der Waals surface area contributed by atoms with Gasteiger partial charge in [-0.1, -0.05) is 6.07 Å². The molecule has 0 heterocycles. The van der Waals surface area contributed by atoms with E-state index >= 15 is 0 Å². The highest BCUT2D eigenvalue weighted by Gasteiger charge is 2.12. The first kappa shape index (κ1) is 12.9. The Morgan fingerprint density at radius 1 is 1.44 bits per heavy atom. The van der Waals surface area contributed by atoms with Gasteiger partial charge in [-0.05, 0) is 33.1 Å². The molecule has 0 saturated carbocycles. The molecule has 0 aliphatic heterocycles. The number of hydrogen-bond donors (Lipinski definition) is 1. The molecule has 1 aromatic rings. The van der Waals surface area contributed by atoms with Crippen molar-refractivity contribution in [3.8, 4) is 5.75 Å². The van der Waals surface area contributed by atoms with Gasteiger partial charge < -0.3 is 15.4 Å². The van der Waals surface area contributed by atoms with Crippen molar-refractivity contribution in [2.24, 2.45) is 5.73 Å². The van der Waals surface area contributed by atoms with E-state index in [0.29, 0.717) is 11.3 Å². The lowest BCUT2D eigenvalue weighted by molar-refractivity contribution is 0.378. The Morgan fingerprint density at radius 2 is 2.12 bits per heavy atom. The summed E-state index contributed by atoms with van der Waals surface area (Å²) in [6.45, 7) is 0.840. The Hall–Kier alpha value is -1.13. The third kappa shape index (κ3) is 3.47. The Kier molecular flexibility index (Phi) is 4.71. The van der Waals surface area contributed by atoms with Crippen LogP contribution in [0, 0.1) is 5.82 Å². The molecule has 3 nitrogen and oxygen atoms in total. The van der Waals surface area contributed by atoms with Gasteiger partial charge in [-0.25, -0.2) is 4.39 Å². The number of benzene rings is 1. The third-order valence-electron chi connectivity index (χ3n) is 2.49. The van der Waals surface area contributed by atoms with Crippen LogP contribution in [-0.4, -0.2) is 32.6 Å². The smallest absolute Gasteiger partial charge is 0.131 e. The van der Waals surface area contributed by atoms with Crippen LogP contribution in [0.25, 0.3) is 0 Å². The predicted molar refractivity (Wildman–Crippen MR) is 63.1 cm³/mol. The molecule has 0 fully saturated rings. The second kappa shape index (κ2) is 5.82. The molecular weight excluding hydrogens is 207 g/mol. The quantitative estimate of drug-likeness (QED) is 0.831. The lowest BCUT2D eigenvalue weighted by atomic mass is 10.0. The molecular formula is C12H19FN2O. The van der Waals surface area contributed by atoms with Gasteiger partial charge in [-0.3, -0.25) is 0 Å². The van der Waals surface area contributed by atoms with Crippen molar-refractivity contribution in [2.45, 2.75) is 12.5 Å². The molecule has 0 aliphatic carbocycles. The topological polar surface area (TPSA) is 38.5 Å². The second-order valence-electron chi connectivity index (χ2n) is 4.09. The van der Waals surface area contributed by atoms with E-state index in [1.54, 1.807) is 12.1 Å². The maximum atomic E-state index is 13.6. The normalized spacial score (nSPS) is 12.9.